The second-order valence-corrected chi connectivity index (χ2v) is 8.46. The molecule has 1 aromatic heterocycles. The van der Waals surface area contributed by atoms with Gasteiger partial charge < -0.3 is 5.11 Å². The molecule has 5 aromatic rings. The molecule has 5 rings (SSSR count). The summed E-state index contributed by atoms with van der Waals surface area (Å²) in [5.74, 6) is 0.0608. The number of thiophene rings is 1. The van der Waals surface area contributed by atoms with Crippen molar-refractivity contribution in [2.24, 2.45) is 0 Å². The number of rotatable bonds is 4. The number of phenols is 1. The van der Waals surface area contributed by atoms with Crippen LogP contribution in [0.3, 0.4) is 0 Å². The number of halogens is 1. The molecule has 1 nitrogen and oxygen atoms in total. The standard InChI is InChI=1S/C27H19FOS/c28-22-13-5-18(6-14-22)17-26-27(24-3-1-2-4-25(24)30-26)21-9-7-19(8-10-21)20-11-15-23(29)16-12-20/h1-16,29H,17H2. The normalized spacial score (nSPS) is 11.1. The SMILES string of the molecule is Oc1ccc(-c2ccc(-c3c(Cc4ccc(F)cc4)sc4ccccc34)cc2)cc1. The van der Waals surface area contributed by atoms with Crippen LogP contribution in [-0.4, -0.2) is 5.11 Å². The van der Waals surface area contributed by atoms with Gasteiger partial charge in [0.25, 0.3) is 0 Å². The number of phenolic OH excluding ortho intramolecular Hbond substituents is 1. The fraction of sp³-hybridized carbons (Fsp3) is 0.0370. The average molecular weight is 411 g/mol. The Hall–Kier alpha value is -3.43. The summed E-state index contributed by atoms with van der Waals surface area (Å²) in [6.45, 7) is 0. The molecule has 4 aromatic carbocycles. The predicted octanol–water partition coefficient (Wildman–Crippen LogP) is 7.67. The van der Waals surface area contributed by atoms with Gasteiger partial charge in [-0.05, 0) is 52.6 Å². The second-order valence-electron chi connectivity index (χ2n) is 7.32. The van der Waals surface area contributed by atoms with E-state index in [0.29, 0.717) is 0 Å². The van der Waals surface area contributed by atoms with E-state index in [1.165, 1.54) is 38.2 Å². The van der Waals surface area contributed by atoms with Gasteiger partial charge in [-0.3, -0.25) is 0 Å². The third kappa shape index (κ3) is 3.60. The third-order valence-electron chi connectivity index (χ3n) is 5.32. The van der Waals surface area contributed by atoms with E-state index in [4.69, 9.17) is 0 Å². The Kier molecular flexibility index (Phi) is 4.82. The molecule has 0 fully saturated rings. The summed E-state index contributed by atoms with van der Waals surface area (Å²) < 4.78 is 14.6. The van der Waals surface area contributed by atoms with Crippen molar-refractivity contribution in [1.82, 2.24) is 0 Å². The van der Waals surface area contributed by atoms with Crippen LogP contribution in [-0.2, 0) is 6.42 Å². The fourth-order valence-corrected chi connectivity index (χ4v) is 5.07. The van der Waals surface area contributed by atoms with Crippen LogP contribution in [0.5, 0.6) is 5.75 Å². The number of hydrogen-bond donors (Lipinski definition) is 1. The Morgan fingerprint density at radius 3 is 1.97 bits per heavy atom. The van der Waals surface area contributed by atoms with Gasteiger partial charge in [0.2, 0.25) is 0 Å². The van der Waals surface area contributed by atoms with Crippen LogP contribution in [0.15, 0.2) is 97.1 Å². The molecule has 1 heterocycles. The number of aromatic hydroxyl groups is 1. The zero-order chi connectivity index (χ0) is 20.5. The van der Waals surface area contributed by atoms with Crippen molar-refractivity contribution < 1.29 is 9.50 Å². The molecular weight excluding hydrogens is 391 g/mol. The molecule has 146 valence electrons. The first kappa shape index (κ1) is 18.6. The number of fused-ring (bicyclic) bond motifs is 1. The second kappa shape index (κ2) is 7.77. The summed E-state index contributed by atoms with van der Waals surface area (Å²) in [5.41, 5.74) is 5.70. The van der Waals surface area contributed by atoms with E-state index in [1.807, 2.05) is 24.3 Å². The van der Waals surface area contributed by atoms with E-state index in [9.17, 15) is 9.50 Å². The van der Waals surface area contributed by atoms with E-state index in [2.05, 4.69) is 48.5 Å². The molecule has 0 bridgehead atoms. The minimum Gasteiger partial charge on any atom is -0.508 e. The van der Waals surface area contributed by atoms with Crippen LogP contribution < -0.4 is 0 Å². The molecule has 0 spiro atoms. The van der Waals surface area contributed by atoms with Crippen molar-refractivity contribution in [3.8, 4) is 28.0 Å². The minimum absolute atomic E-state index is 0.208. The smallest absolute Gasteiger partial charge is 0.123 e. The highest BCUT2D eigenvalue weighted by atomic mass is 32.1. The maximum absolute atomic E-state index is 13.3. The van der Waals surface area contributed by atoms with Gasteiger partial charge in [0.15, 0.2) is 0 Å². The number of benzene rings is 4. The molecule has 0 atom stereocenters. The molecular formula is C27H19FOS. The Bertz CT molecular complexity index is 1300. The van der Waals surface area contributed by atoms with E-state index >= 15 is 0 Å². The molecule has 30 heavy (non-hydrogen) atoms. The molecule has 0 unspecified atom stereocenters. The summed E-state index contributed by atoms with van der Waals surface area (Å²) in [7, 11) is 0. The molecule has 0 aliphatic heterocycles. The maximum Gasteiger partial charge on any atom is 0.123 e. The van der Waals surface area contributed by atoms with Crippen LogP contribution in [0.2, 0.25) is 0 Å². The highest BCUT2D eigenvalue weighted by Crippen LogP contribution is 2.40. The first-order valence-electron chi connectivity index (χ1n) is 9.82. The van der Waals surface area contributed by atoms with Crippen LogP contribution >= 0.6 is 11.3 Å². The molecule has 0 saturated heterocycles. The van der Waals surface area contributed by atoms with Gasteiger partial charge in [-0.2, -0.15) is 0 Å². The van der Waals surface area contributed by atoms with Crippen molar-refractivity contribution >= 4 is 21.4 Å². The summed E-state index contributed by atoms with van der Waals surface area (Å²) in [4.78, 5) is 1.28. The lowest BCUT2D eigenvalue weighted by molar-refractivity contribution is 0.475. The van der Waals surface area contributed by atoms with Crippen molar-refractivity contribution in [1.29, 1.82) is 0 Å². The Morgan fingerprint density at radius 1 is 0.667 bits per heavy atom. The zero-order valence-electron chi connectivity index (χ0n) is 16.2. The van der Waals surface area contributed by atoms with Gasteiger partial charge in [-0.15, -0.1) is 11.3 Å². The summed E-state index contributed by atoms with van der Waals surface area (Å²) in [6, 6.07) is 31.0. The maximum atomic E-state index is 13.3. The van der Waals surface area contributed by atoms with Gasteiger partial charge in [0.05, 0.1) is 0 Å². The van der Waals surface area contributed by atoms with Gasteiger partial charge in [-0.25, -0.2) is 4.39 Å². The average Bonchev–Trinajstić information content (AvgIpc) is 3.14. The van der Waals surface area contributed by atoms with Crippen LogP contribution in [0.25, 0.3) is 32.3 Å². The van der Waals surface area contributed by atoms with E-state index in [1.54, 1.807) is 23.5 Å². The first-order chi connectivity index (χ1) is 14.7. The Balaban J connectivity index is 1.57. The topological polar surface area (TPSA) is 20.2 Å². The van der Waals surface area contributed by atoms with Crippen LogP contribution in [0, 0.1) is 5.82 Å². The number of hydrogen-bond acceptors (Lipinski definition) is 2. The lowest BCUT2D eigenvalue weighted by Crippen LogP contribution is -1.89. The summed E-state index contributed by atoms with van der Waals surface area (Å²) in [6.07, 6.45) is 0.772. The Labute approximate surface area is 178 Å². The highest BCUT2D eigenvalue weighted by Gasteiger charge is 2.14. The molecule has 0 aliphatic rings. The van der Waals surface area contributed by atoms with Crippen LogP contribution in [0.1, 0.15) is 10.4 Å². The molecule has 1 N–H and O–H groups in total. The van der Waals surface area contributed by atoms with E-state index in [0.717, 1.165) is 23.1 Å². The van der Waals surface area contributed by atoms with Gasteiger partial charge in [0.1, 0.15) is 11.6 Å². The first-order valence-corrected chi connectivity index (χ1v) is 10.6. The molecule has 0 aliphatic carbocycles. The predicted molar refractivity (Wildman–Crippen MR) is 124 cm³/mol. The third-order valence-corrected chi connectivity index (χ3v) is 6.49. The molecule has 0 radical (unpaired) electrons. The van der Waals surface area contributed by atoms with Crippen molar-refractivity contribution in [3.05, 3.63) is 113 Å². The summed E-state index contributed by atoms with van der Waals surface area (Å²) in [5, 5.41) is 10.8. The largest absolute Gasteiger partial charge is 0.508 e. The van der Waals surface area contributed by atoms with Gasteiger partial charge in [0, 0.05) is 26.9 Å². The van der Waals surface area contributed by atoms with Crippen molar-refractivity contribution in [2.45, 2.75) is 6.42 Å². The van der Waals surface area contributed by atoms with E-state index in [-0.39, 0.29) is 11.6 Å². The fourth-order valence-electron chi connectivity index (χ4n) is 3.81. The lowest BCUT2D eigenvalue weighted by Gasteiger charge is -2.08. The lowest BCUT2D eigenvalue weighted by atomic mass is 9.96. The molecule has 0 saturated carbocycles. The molecule has 3 heteroatoms. The van der Waals surface area contributed by atoms with Gasteiger partial charge in [-0.1, -0.05) is 66.7 Å². The van der Waals surface area contributed by atoms with Crippen molar-refractivity contribution in [2.75, 3.05) is 0 Å². The Morgan fingerprint density at radius 2 is 1.27 bits per heavy atom. The monoisotopic (exact) mass is 410 g/mol. The van der Waals surface area contributed by atoms with Crippen LogP contribution in [0.4, 0.5) is 4.39 Å². The zero-order valence-corrected chi connectivity index (χ0v) is 17.0. The quantitative estimate of drug-likeness (QED) is 0.322. The van der Waals surface area contributed by atoms with Gasteiger partial charge >= 0.3 is 0 Å². The summed E-state index contributed by atoms with van der Waals surface area (Å²) >= 11 is 1.80. The van der Waals surface area contributed by atoms with Crippen molar-refractivity contribution in [3.63, 3.8) is 0 Å². The highest BCUT2D eigenvalue weighted by molar-refractivity contribution is 7.19. The molecule has 0 amide bonds. The van der Waals surface area contributed by atoms with E-state index < -0.39 is 0 Å². The minimum atomic E-state index is -0.208.